The minimum Gasteiger partial charge on any atom is -0.465 e. The molecule has 1 N–H and O–H groups in total. The number of carbonyl (C=O) groups excluding carboxylic acids is 2. The Hall–Kier alpha value is -3.34. The first-order valence-electron chi connectivity index (χ1n) is 8.55. The van der Waals surface area contributed by atoms with Crippen molar-refractivity contribution in [2.75, 3.05) is 12.4 Å². The molecular weight excluding hydrogens is 443 g/mol. The highest BCUT2D eigenvalue weighted by Crippen LogP contribution is 2.33. The number of ether oxygens (including phenoxy) is 1. The van der Waals surface area contributed by atoms with E-state index in [4.69, 9.17) is 0 Å². The van der Waals surface area contributed by atoms with Crippen molar-refractivity contribution in [1.29, 1.82) is 0 Å². The summed E-state index contributed by atoms with van der Waals surface area (Å²) in [5.74, 6) is -4.09. The normalized spacial score (nSPS) is 11.3. The molecule has 0 bridgehead atoms. The van der Waals surface area contributed by atoms with Crippen molar-refractivity contribution in [2.45, 2.75) is 13.1 Å². The average Bonchev–Trinajstić information content (AvgIpc) is 3.10. The molecule has 0 aliphatic heterocycles. The molecule has 0 aliphatic carbocycles. The lowest BCUT2D eigenvalue weighted by molar-refractivity contribution is -0.137. The lowest BCUT2D eigenvalue weighted by atomic mass is 10.1. The number of alkyl halides is 3. The summed E-state index contributed by atoms with van der Waals surface area (Å²) in [4.78, 5) is 28.4. The summed E-state index contributed by atoms with van der Waals surface area (Å²) in [7, 11) is 1.02. The van der Waals surface area contributed by atoms with Gasteiger partial charge in [0.1, 0.15) is 21.5 Å². The highest BCUT2D eigenvalue weighted by Gasteiger charge is 2.30. The predicted octanol–water partition coefficient (Wildman–Crippen LogP) is 5.45. The van der Waals surface area contributed by atoms with E-state index >= 15 is 0 Å². The number of rotatable bonds is 4. The minimum absolute atomic E-state index is 0.0678. The maximum atomic E-state index is 14.1. The van der Waals surface area contributed by atoms with Crippen LogP contribution in [-0.4, -0.2) is 24.0 Å². The molecule has 31 heavy (non-hydrogen) atoms. The van der Waals surface area contributed by atoms with Crippen molar-refractivity contribution in [2.24, 2.45) is 0 Å². The number of methoxy groups -OCH3 is 1. The second-order valence-corrected chi connectivity index (χ2v) is 7.27. The molecule has 2 aromatic carbocycles. The number of nitrogens with zero attached hydrogens (tertiary/aromatic N) is 1. The largest absolute Gasteiger partial charge is 0.465 e. The second kappa shape index (κ2) is 8.42. The van der Waals surface area contributed by atoms with Gasteiger partial charge in [-0.15, -0.1) is 11.3 Å². The molecule has 5 nitrogen and oxygen atoms in total. The first kappa shape index (κ1) is 22.3. The predicted molar refractivity (Wildman–Crippen MR) is 103 cm³/mol. The Bertz CT molecular complexity index is 1160. The van der Waals surface area contributed by atoms with Gasteiger partial charge >= 0.3 is 12.1 Å². The van der Waals surface area contributed by atoms with Gasteiger partial charge in [0.15, 0.2) is 0 Å². The van der Waals surface area contributed by atoms with Gasteiger partial charge in [-0.1, -0.05) is 12.1 Å². The third-order valence-corrected chi connectivity index (χ3v) is 5.38. The zero-order chi connectivity index (χ0) is 22.9. The number of benzene rings is 2. The summed E-state index contributed by atoms with van der Waals surface area (Å²) in [5, 5.41) is 2.52. The maximum absolute atomic E-state index is 14.1. The van der Waals surface area contributed by atoms with Crippen LogP contribution in [-0.2, 0) is 10.9 Å². The van der Waals surface area contributed by atoms with Crippen LogP contribution in [0.15, 0.2) is 36.4 Å². The molecule has 3 aromatic rings. The highest BCUT2D eigenvalue weighted by molar-refractivity contribution is 7.17. The molecule has 11 heteroatoms. The molecule has 1 amide bonds. The van der Waals surface area contributed by atoms with E-state index in [1.165, 1.54) is 19.1 Å². The lowest BCUT2D eigenvalue weighted by Crippen LogP contribution is -2.14. The number of aromatic nitrogens is 1. The second-order valence-electron chi connectivity index (χ2n) is 6.27. The summed E-state index contributed by atoms with van der Waals surface area (Å²) in [6.45, 7) is 1.50. The third-order valence-electron chi connectivity index (χ3n) is 4.17. The molecular formula is C20H13F5N2O3S. The van der Waals surface area contributed by atoms with E-state index in [1.807, 2.05) is 0 Å². The molecule has 0 spiro atoms. The number of halogens is 5. The van der Waals surface area contributed by atoms with E-state index < -0.39 is 46.5 Å². The van der Waals surface area contributed by atoms with Crippen molar-refractivity contribution in [3.63, 3.8) is 0 Å². The Labute approximate surface area is 176 Å². The smallest absolute Gasteiger partial charge is 0.416 e. The number of esters is 1. The first-order chi connectivity index (χ1) is 14.5. The Morgan fingerprint density at radius 1 is 1.06 bits per heavy atom. The van der Waals surface area contributed by atoms with Crippen LogP contribution in [0.25, 0.3) is 10.6 Å². The van der Waals surface area contributed by atoms with E-state index in [2.05, 4.69) is 15.0 Å². The van der Waals surface area contributed by atoms with Crippen molar-refractivity contribution < 1.29 is 36.3 Å². The molecule has 0 fully saturated rings. The van der Waals surface area contributed by atoms with Crippen LogP contribution >= 0.6 is 11.3 Å². The molecule has 3 rings (SSSR count). The fraction of sp³-hybridized carbons (Fsp3) is 0.150. The van der Waals surface area contributed by atoms with Crippen molar-refractivity contribution in [1.82, 2.24) is 4.98 Å². The van der Waals surface area contributed by atoms with E-state index in [9.17, 15) is 31.5 Å². The van der Waals surface area contributed by atoms with E-state index in [1.54, 1.807) is 0 Å². The third kappa shape index (κ3) is 4.71. The molecule has 0 atom stereocenters. The maximum Gasteiger partial charge on any atom is 0.416 e. The van der Waals surface area contributed by atoms with Gasteiger partial charge in [0, 0.05) is 11.6 Å². The van der Waals surface area contributed by atoms with Crippen molar-refractivity contribution in [3.8, 4) is 10.6 Å². The van der Waals surface area contributed by atoms with Gasteiger partial charge in [-0.2, -0.15) is 13.2 Å². The van der Waals surface area contributed by atoms with Crippen LogP contribution in [0.5, 0.6) is 0 Å². The molecule has 162 valence electrons. The van der Waals surface area contributed by atoms with Crippen LogP contribution in [0.3, 0.4) is 0 Å². The van der Waals surface area contributed by atoms with Gasteiger partial charge in [0.2, 0.25) is 0 Å². The van der Waals surface area contributed by atoms with Crippen LogP contribution in [0.2, 0.25) is 0 Å². The van der Waals surface area contributed by atoms with Crippen molar-refractivity contribution in [3.05, 3.63) is 69.7 Å². The van der Waals surface area contributed by atoms with Gasteiger partial charge < -0.3 is 10.1 Å². The van der Waals surface area contributed by atoms with Gasteiger partial charge in [0.25, 0.3) is 5.91 Å². The Morgan fingerprint density at radius 2 is 1.71 bits per heavy atom. The Kier molecular flexibility index (Phi) is 6.07. The van der Waals surface area contributed by atoms with Crippen LogP contribution in [0.1, 0.15) is 31.3 Å². The van der Waals surface area contributed by atoms with Crippen LogP contribution < -0.4 is 5.32 Å². The summed E-state index contributed by atoms with van der Waals surface area (Å²) < 4.78 is 70.4. The zero-order valence-corrected chi connectivity index (χ0v) is 16.8. The minimum atomic E-state index is -4.48. The topological polar surface area (TPSA) is 68.3 Å². The number of hydrogen-bond donors (Lipinski definition) is 1. The Balaban J connectivity index is 1.87. The number of hydrogen-bond acceptors (Lipinski definition) is 5. The number of amides is 1. The number of carbonyl (C=O) groups is 2. The lowest BCUT2D eigenvalue weighted by Gasteiger charge is -2.08. The van der Waals surface area contributed by atoms with E-state index in [-0.39, 0.29) is 15.6 Å². The highest BCUT2D eigenvalue weighted by atomic mass is 32.1. The SMILES string of the molecule is COC(=O)c1cc(NC(=O)c2sc(-c3ccc(C(F)(F)F)cc3)nc2C)c(F)cc1F. The van der Waals surface area contributed by atoms with Gasteiger partial charge in [0.05, 0.1) is 29.6 Å². The fourth-order valence-electron chi connectivity index (χ4n) is 2.62. The van der Waals surface area contributed by atoms with E-state index in [0.29, 0.717) is 11.6 Å². The molecule has 0 unspecified atom stereocenters. The van der Waals surface area contributed by atoms with E-state index in [0.717, 1.165) is 36.6 Å². The number of thiazole rings is 1. The van der Waals surface area contributed by atoms with Gasteiger partial charge in [-0.05, 0) is 25.1 Å². The standard InChI is InChI=1S/C20H13F5N2O3S/c1-9-16(31-18(26-9)10-3-5-11(6-4-10)20(23,24)25)17(28)27-15-7-12(19(29)30-2)13(21)8-14(15)22/h3-8H,1-2H3,(H,27,28). The molecule has 0 saturated heterocycles. The summed E-state index contributed by atoms with van der Waals surface area (Å²) in [5.41, 5.74) is -1.22. The van der Waals surface area contributed by atoms with Crippen LogP contribution in [0.4, 0.5) is 27.6 Å². The summed E-state index contributed by atoms with van der Waals surface area (Å²) in [6, 6.07) is 5.49. The number of anilines is 1. The number of aryl methyl sites for hydroxylation is 1. The first-order valence-corrected chi connectivity index (χ1v) is 9.36. The molecule has 0 saturated carbocycles. The van der Waals surface area contributed by atoms with Crippen LogP contribution in [0, 0.1) is 18.6 Å². The average molecular weight is 456 g/mol. The quantitative estimate of drug-likeness (QED) is 0.419. The number of nitrogens with one attached hydrogen (secondary N) is 1. The van der Waals surface area contributed by atoms with Crippen molar-refractivity contribution >= 4 is 28.9 Å². The molecule has 0 radical (unpaired) electrons. The van der Waals surface area contributed by atoms with Gasteiger partial charge in [-0.3, -0.25) is 4.79 Å². The fourth-order valence-corrected chi connectivity index (χ4v) is 3.59. The molecule has 1 aromatic heterocycles. The van der Waals surface area contributed by atoms with Gasteiger partial charge in [-0.25, -0.2) is 18.6 Å². The monoisotopic (exact) mass is 456 g/mol. The zero-order valence-electron chi connectivity index (χ0n) is 15.9. The summed E-state index contributed by atoms with van der Waals surface area (Å²) in [6.07, 6.45) is -4.48. The Morgan fingerprint density at radius 3 is 2.29 bits per heavy atom. The summed E-state index contributed by atoms with van der Waals surface area (Å²) >= 11 is 0.885. The molecule has 1 heterocycles. The molecule has 0 aliphatic rings.